The fourth-order valence-electron chi connectivity index (χ4n) is 7.37. The Balaban J connectivity index is 0.000000301. The predicted molar refractivity (Wildman–Crippen MR) is 245 cm³/mol. The average molecular weight is 951 g/mol. The number of hydrogen-bond donors (Lipinski definition) is 0. The van der Waals surface area contributed by atoms with Gasteiger partial charge in [-0.1, -0.05) is 104 Å². The van der Waals surface area contributed by atoms with Crippen LogP contribution in [0.25, 0.3) is 10.8 Å². The standard InChI is InChI=1S/3C12H23N2.C10H8O9S3/c3*1-4-5-6-7-8-9-12-13(2)10-11-14(12)3;11-20(12,13)7-1-2-9-6(3-7)4-8(21(14,15)16)5-10(9)22(17,18)19/h3*10-11H,4-9H2,1-3H3;1-5H,(H,11,12,13)(H,14,15,16)(H,17,18,19)/q3*+1;/p-3. The van der Waals surface area contributed by atoms with E-state index in [4.69, 9.17) is 0 Å². The van der Waals surface area contributed by atoms with Crippen LogP contribution in [0.5, 0.6) is 0 Å². The van der Waals surface area contributed by atoms with E-state index in [0.29, 0.717) is 18.2 Å². The summed E-state index contributed by atoms with van der Waals surface area (Å²) in [6.45, 7) is 6.78. The molecule has 0 fully saturated rings. The third-order valence-electron chi connectivity index (χ3n) is 11.2. The highest BCUT2D eigenvalue weighted by molar-refractivity contribution is 7.86. The van der Waals surface area contributed by atoms with Crippen LogP contribution < -0.4 is 13.7 Å². The molecule has 0 atom stereocenters. The van der Waals surface area contributed by atoms with Crippen LogP contribution in [0.2, 0.25) is 0 Å². The third-order valence-corrected chi connectivity index (χ3v) is 13.7. The van der Waals surface area contributed by atoms with Gasteiger partial charge in [-0.25, -0.2) is 52.7 Å². The van der Waals surface area contributed by atoms with Gasteiger partial charge in [0, 0.05) is 19.3 Å². The summed E-state index contributed by atoms with van der Waals surface area (Å²) in [4.78, 5) is -2.81. The van der Waals surface area contributed by atoms with Crippen molar-refractivity contribution >= 4 is 41.1 Å². The lowest BCUT2D eigenvalue weighted by atomic mass is 10.1. The van der Waals surface area contributed by atoms with Crippen LogP contribution in [0, 0.1) is 0 Å². The van der Waals surface area contributed by atoms with Gasteiger partial charge in [-0.15, -0.1) is 0 Å². The summed E-state index contributed by atoms with van der Waals surface area (Å²) in [5, 5.41) is -0.668. The molecule has 0 aliphatic rings. The van der Waals surface area contributed by atoms with Crippen LogP contribution >= 0.6 is 0 Å². The van der Waals surface area contributed by atoms with E-state index in [1.807, 2.05) is 0 Å². The van der Waals surface area contributed by atoms with E-state index >= 15 is 0 Å². The van der Waals surface area contributed by atoms with E-state index in [9.17, 15) is 38.9 Å². The molecule has 3 aromatic heterocycles. The number of benzene rings is 2. The van der Waals surface area contributed by atoms with Crippen LogP contribution in [0.1, 0.15) is 135 Å². The smallest absolute Gasteiger partial charge is 0.255 e. The van der Waals surface area contributed by atoms with Gasteiger partial charge in [-0.3, -0.25) is 0 Å². The van der Waals surface area contributed by atoms with E-state index < -0.39 is 45.0 Å². The van der Waals surface area contributed by atoms with E-state index in [-0.39, 0.29) is 10.8 Å². The first-order chi connectivity index (χ1) is 30.1. The molecule has 0 bridgehead atoms. The first-order valence-corrected chi connectivity index (χ1v) is 26.7. The molecule has 2 aromatic carbocycles. The molecule has 15 nitrogen and oxygen atoms in total. The lowest BCUT2D eigenvalue weighted by Crippen LogP contribution is -2.31. The fourth-order valence-corrected chi connectivity index (χ4v) is 9.21. The van der Waals surface area contributed by atoms with Crippen LogP contribution in [0.15, 0.2) is 82.2 Å². The van der Waals surface area contributed by atoms with Crippen molar-refractivity contribution in [3.63, 3.8) is 0 Å². The molecule has 5 rings (SSSR count). The van der Waals surface area contributed by atoms with Gasteiger partial charge in [0.05, 0.1) is 57.0 Å². The minimum atomic E-state index is -5.14. The molecule has 0 N–H and O–H groups in total. The van der Waals surface area contributed by atoms with E-state index in [0.717, 1.165) is 12.1 Å². The molecule has 3 heterocycles. The maximum atomic E-state index is 11.2. The highest BCUT2D eigenvalue weighted by Crippen LogP contribution is 2.29. The first kappa shape index (κ1) is 56.2. The summed E-state index contributed by atoms with van der Waals surface area (Å²) in [7, 11) is -2.39. The number of fused-ring (bicyclic) bond motifs is 1. The van der Waals surface area contributed by atoms with Crippen LogP contribution in [-0.4, -0.2) is 52.6 Å². The summed E-state index contributed by atoms with van der Waals surface area (Å²) in [6, 6.07) is 3.39. The largest absolute Gasteiger partial charge is 0.744 e. The number of hydrogen-bond acceptors (Lipinski definition) is 9. The summed E-state index contributed by atoms with van der Waals surface area (Å²) >= 11 is 0. The molecule has 360 valence electrons. The molecule has 0 saturated heterocycles. The summed E-state index contributed by atoms with van der Waals surface area (Å²) in [5.74, 6) is 4.30. The maximum Gasteiger partial charge on any atom is 0.255 e. The van der Waals surface area contributed by atoms with Gasteiger partial charge >= 0.3 is 0 Å². The highest BCUT2D eigenvalue weighted by Gasteiger charge is 2.15. The zero-order chi connectivity index (χ0) is 48.1. The first-order valence-electron chi connectivity index (χ1n) is 22.5. The van der Waals surface area contributed by atoms with Crippen molar-refractivity contribution < 1.29 is 52.6 Å². The maximum absolute atomic E-state index is 11.2. The Morgan fingerprint density at radius 1 is 0.453 bits per heavy atom. The van der Waals surface area contributed by atoms with Gasteiger partial charge < -0.3 is 13.7 Å². The highest BCUT2D eigenvalue weighted by atomic mass is 32.2. The number of imidazole rings is 3. The monoisotopic (exact) mass is 950 g/mol. The Hall–Kier alpha value is -3.94. The second kappa shape index (κ2) is 27.5. The lowest BCUT2D eigenvalue weighted by Gasteiger charge is -2.16. The Kier molecular flexibility index (Phi) is 24.2. The molecular weight excluding hydrogens is 877 g/mol. The minimum absolute atomic E-state index is 0.310. The molecule has 0 amide bonds. The number of aromatic nitrogens is 6. The molecule has 0 radical (unpaired) electrons. The van der Waals surface area contributed by atoms with Gasteiger partial charge in [0.1, 0.15) is 67.5 Å². The Morgan fingerprint density at radius 3 is 1.06 bits per heavy atom. The second-order valence-corrected chi connectivity index (χ2v) is 20.6. The average Bonchev–Trinajstić information content (AvgIpc) is 3.85. The van der Waals surface area contributed by atoms with E-state index in [2.05, 4.69) is 128 Å². The van der Waals surface area contributed by atoms with Gasteiger partial charge in [0.25, 0.3) is 17.5 Å². The number of aryl methyl sites for hydroxylation is 6. The molecule has 5 aromatic rings. The third kappa shape index (κ3) is 19.3. The normalized spacial score (nSPS) is 11.7. The van der Waals surface area contributed by atoms with Crippen LogP contribution in [0.3, 0.4) is 0 Å². The van der Waals surface area contributed by atoms with Gasteiger partial charge in [-0.2, -0.15) is 0 Å². The Labute approximate surface area is 384 Å². The molecule has 0 unspecified atom stereocenters. The molecule has 0 saturated carbocycles. The second-order valence-electron chi connectivity index (χ2n) is 16.5. The zero-order valence-corrected chi connectivity index (χ0v) is 42.1. The van der Waals surface area contributed by atoms with E-state index in [1.165, 1.54) is 133 Å². The summed E-state index contributed by atoms with van der Waals surface area (Å²) < 4.78 is 113. The quantitative estimate of drug-likeness (QED) is 0.0440. The Morgan fingerprint density at radius 2 is 0.781 bits per heavy atom. The Bertz CT molecular complexity index is 2310. The summed E-state index contributed by atoms with van der Waals surface area (Å²) in [6.07, 6.45) is 36.8. The van der Waals surface area contributed by atoms with E-state index in [1.54, 1.807) is 0 Å². The summed E-state index contributed by atoms with van der Waals surface area (Å²) in [5.41, 5.74) is 0. The van der Waals surface area contributed by atoms with Crippen molar-refractivity contribution in [1.29, 1.82) is 0 Å². The van der Waals surface area contributed by atoms with Gasteiger partial charge in [0.15, 0.2) is 0 Å². The molecule has 64 heavy (non-hydrogen) atoms. The fraction of sp³-hybridized carbons (Fsp3) is 0.587. The SMILES string of the molecule is CCCCCCCc1n(C)cc[n+]1C.CCCCCCCc1n(C)cc[n+]1C.CCCCCCCc1n(C)cc[n+]1C.O=S(=O)([O-])c1ccc2c(S(=O)(=O)[O-])cc(S(=O)(=O)[O-])cc2c1. The number of nitrogens with zero attached hydrogens (tertiary/aromatic N) is 6. The number of rotatable bonds is 21. The van der Waals surface area contributed by atoms with Crippen LogP contribution in [-0.2, 0) is 91.9 Å². The van der Waals surface area contributed by atoms with Gasteiger partial charge in [-0.05, 0) is 54.3 Å². The molecule has 0 spiro atoms. The topological polar surface area (TPSA) is 198 Å². The van der Waals surface area contributed by atoms with Crippen molar-refractivity contribution in [2.45, 2.75) is 151 Å². The zero-order valence-electron chi connectivity index (χ0n) is 39.7. The van der Waals surface area contributed by atoms with Crippen molar-refractivity contribution in [1.82, 2.24) is 13.7 Å². The minimum Gasteiger partial charge on any atom is -0.744 e. The number of unbranched alkanes of at least 4 members (excludes halogenated alkanes) is 12. The van der Waals surface area contributed by atoms with Gasteiger partial charge in [0.2, 0.25) is 0 Å². The molecule has 0 aliphatic carbocycles. The van der Waals surface area contributed by atoms with Crippen molar-refractivity contribution in [3.8, 4) is 0 Å². The molecular formula is C46H74N6O9S3. The van der Waals surface area contributed by atoms with Crippen molar-refractivity contribution in [3.05, 3.63) is 85.0 Å². The lowest BCUT2D eigenvalue weighted by molar-refractivity contribution is -0.678. The predicted octanol–water partition coefficient (Wildman–Crippen LogP) is 6.64. The van der Waals surface area contributed by atoms with Crippen molar-refractivity contribution in [2.24, 2.45) is 42.3 Å². The van der Waals surface area contributed by atoms with Crippen molar-refractivity contribution in [2.75, 3.05) is 0 Å². The van der Waals surface area contributed by atoms with Crippen LogP contribution in [0.4, 0.5) is 0 Å². The molecule has 18 heteroatoms. The molecule has 0 aliphatic heterocycles.